The zero-order chi connectivity index (χ0) is 13.7. The first-order chi connectivity index (χ1) is 9.26. The van der Waals surface area contributed by atoms with Crippen LogP contribution in [0.25, 0.3) is 0 Å². The van der Waals surface area contributed by atoms with Crippen molar-refractivity contribution >= 4 is 11.6 Å². The number of anilines is 1. The number of rotatable bonds is 6. The standard InChI is InChI=1S/C14H21N3O2/c1-16-7-5-11-3-4-13-12(9-11)17(8-2-6-15)14(18)10-19-13/h3-4,9,16H,2,5-8,10,15H2,1H3. The molecular weight excluding hydrogens is 242 g/mol. The third kappa shape index (κ3) is 3.24. The Balaban J connectivity index is 2.22. The van der Waals surface area contributed by atoms with Crippen molar-refractivity contribution in [2.24, 2.45) is 5.73 Å². The molecule has 3 N–H and O–H groups in total. The van der Waals surface area contributed by atoms with Crippen molar-refractivity contribution in [2.75, 3.05) is 38.2 Å². The Hall–Kier alpha value is -1.59. The van der Waals surface area contributed by atoms with E-state index in [1.165, 1.54) is 5.56 Å². The quantitative estimate of drug-likeness (QED) is 0.785. The van der Waals surface area contributed by atoms with Crippen LogP contribution in [0.4, 0.5) is 5.69 Å². The first-order valence-electron chi connectivity index (χ1n) is 6.67. The molecule has 5 heteroatoms. The number of fused-ring (bicyclic) bond motifs is 1. The maximum Gasteiger partial charge on any atom is 0.265 e. The van der Waals surface area contributed by atoms with Gasteiger partial charge in [-0.25, -0.2) is 0 Å². The van der Waals surface area contributed by atoms with E-state index in [1.807, 2.05) is 25.2 Å². The van der Waals surface area contributed by atoms with E-state index in [9.17, 15) is 4.79 Å². The molecule has 0 radical (unpaired) electrons. The summed E-state index contributed by atoms with van der Waals surface area (Å²) in [6, 6.07) is 6.04. The van der Waals surface area contributed by atoms with Crippen LogP contribution in [0, 0.1) is 0 Å². The SMILES string of the molecule is CNCCc1ccc2c(c1)N(CCCN)C(=O)CO2. The molecule has 0 fully saturated rings. The fourth-order valence-electron chi connectivity index (χ4n) is 2.17. The van der Waals surface area contributed by atoms with Crippen molar-refractivity contribution in [1.82, 2.24) is 5.32 Å². The highest BCUT2D eigenvalue weighted by atomic mass is 16.5. The van der Waals surface area contributed by atoms with Crippen LogP contribution in [-0.4, -0.2) is 39.2 Å². The summed E-state index contributed by atoms with van der Waals surface area (Å²) < 4.78 is 5.47. The first kappa shape index (κ1) is 13.8. The van der Waals surface area contributed by atoms with Gasteiger partial charge in [-0.1, -0.05) is 6.07 Å². The maximum absolute atomic E-state index is 11.9. The van der Waals surface area contributed by atoms with Gasteiger partial charge in [0.15, 0.2) is 6.61 Å². The predicted octanol–water partition coefficient (Wildman–Crippen LogP) is 0.523. The third-order valence-corrected chi connectivity index (χ3v) is 3.22. The van der Waals surface area contributed by atoms with Gasteiger partial charge < -0.3 is 20.7 Å². The molecule has 1 aromatic carbocycles. The third-order valence-electron chi connectivity index (χ3n) is 3.22. The molecule has 104 valence electrons. The van der Waals surface area contributed by atoms with Gasteiger partial charge in [-0.15, -0.1) is 0 Å². The molecule has 0 saturated heterocycles. The van der Waals surface area contributed by atoms with Crippen LogP contribution < -0.4 is 20.7 Å². The molecule has 19 heavy (non-hydrogen) atoms. The van der Waals surface area contributed by atoms with E-state index in [2.05, 4.69) is 5.32 Å². The summed E-state index contributed by atoms with van der Waals surface area (Å²) in [5.74, 6) is 0.788. The van der Waals surface area contributed by atoms with E-state index in [0.29, 0.717) is 13.1 Å². The molecule has 1 aliphatic heterocycles. The summed E-state index contributed by atoms with van der Waals surface area (Å²) in [6.45, 7) is 2.27. The normalized spacial score (nSPS) is 14.2. The van der Waals surface area contributed by atoms with Crippen LogP contribution >= 0.6 is 0 Å². The topological polar surface area (TPSA) is 67.6 Å². The molecule has 1 aromatic rings. The molecule has 0 aliphatic carbocycles. The van der Waals surface area contributed by atoms with E-state index in [0.717, 1.165) is 30.8 Å². The van der Waals surface area contributed by atoms with Crippen LogP contribution in [0.15, 0.2) is 18.2 Å². The highest BCUT2D eigenvalue weighted by molar-refractivity contribution is 5.97. The van der Waals surface area contributed by atoms with Crippen LogP contribution in [0.2, 0.25) is 0 Å². The molecule has 0 spiro atoms. The predicted molar refractivity (Wildman–Crippen MR) is 75.6 cm³/mol. The molecule has 1 heterocycles. The number of nitrogens with zero attached hydrogens (tertiary/aromatic N) is 1. The highest BCUT2D eigenvalue weighted by Gasteiger charge is 2.25. The average Bonchev–Trinajstić information content (AvgIpc) is 2.44. The fraction of sp³-hybridized carbons (Fsp3) is 0.500. The summed E-state index contributed by atoms with van der Waals surface area (Å²) in [6.07, 6.45) is 1.73. The number of hydrogen-bond acceptors (Lipinski definition) is 4. The van der Waals surface area contributed by atoms with Gasteiger partial charge in [0.25, 0.3) is 5.91 Å². The van der Waals surface area contributed by atoms with Gasteiger partial charge >= 0.3 is 0 Å². The number of likely N-dealkylation sites (N-methyl/N-ethyl adjacent to an activating group) is 1. The van der Waals surface area contributed by atoms with Crippen molar-refractivity contribution in [2.45, 2.75) is 12.8 Å². The van der Waals surface area contributed by atoms with Crippen molar-refractivity contribution in [3.63, 3.8) is 0 Å². The number of nitrogens with one attached hydrogen (secondary N) is 1. The lowest BCUT2D eigenvalue weighted by Gasteiger charge is -2.29. The Kier molecular flexibility index (Phi) is 4.76. The minimum atomic E-state index is 0.00622. The Morgan fingerprint density at radius 1 is 1.47 bits per heavy atom. The number of nitrogens with two attached hydrogens (primary N) is 1. The second-order valence-corrected chi connectivity index (χ2v) is 4.63. The first-order valence-corrected chi connectivity index (χ1v) is 6.67. The zero-order valence-corrected chi connectivity index (χ0v) is 11.3. The molecule has 0 saturated carbocycles. The van der Waals surface area contributed by atoms with Gasteiger partial charge in [0.05, 0.1) is 5.69 Å². The number of carbonyl (C=O) groups excluding carboxylic acids is 1. The molecular formula is C14H21N3O2. The molecule has 2 rings (SSSR count). The van der Waals surface area contributed by atoms with Crippen LogP contribution in [0.5, 0.6) is 5.75 Å². The maximum atomic E-state index is 11.9. The monoisotopic (exact) mass is 263 g/mol. The van der Waals surface area contributed by atoms with Crippen LogP contribution in [0.1, 0.15) is 12.0 Å². The molecule has 1 amide bonds. The molecule has 5 nitrogen and oxygen atoms in total. The lowest BCUT2D eigenvalue weighted by molar-refractivity contribution is -0.121. The molecule has 0 atom stereocenters. The van der Waals surface area contributed by atoms with Gasteiger partial charge in [0.1, 0.15) is 5.75 Å². The minimum Gasteiger partial charge on any atom is -0.482 e. The highest BCUT2D eigenvalue weighted by Crippen LogP contribution is 2.33. The Morgan fingerprint density at radius 3 is 3.05 bits per heavy atom. The summed E-state index contributed by atoms with van der Waals surface area (Å²) in [5.41, 5.74) is 7.60. The minimum absolute atomic E-state index is 0.00622. The average molecular weight is 263 g/mol. The zero-order valence-electron chi connectivity index (χ0n) is 11.3. The fourth-order valence-corrected chi connectivity index (χ4v) is 2.17. The molecule has 0 unspecified atom stereocenters. The van der Waals surface area contributed by atoms with E-state index in [4.69, 9.17) is 10.5 Å². The number of benzene rings is 1. The van der Waals surface area contributed by atoms with Crippen molar-refractivity contribution in [1.29, 1.82) is 0 Å². The van der Waals surface area contributed by atoms with E-state index in [1.54, 1.807) is 4.90 Å². The second-order valence-electron chi connectivity index (χ2n) is 4.63. The summed E-state index contributed by atoms with van der Waals surface area (Å²) >= 11 is 0. The van der Waals surface area contributed by atoms with Gasteiger partial charge in [-0.05, 0) is 50.7 Å². The van der Waals surface area contributed by atoms with Crippen LogP contribution in [0.3, 0.4) is 0 Å². The Bertz CT molecular complexity index is 448. The lowest BCUT2D eigenvalue weighted by atomic mass is 10.1. The Morgan fingerprint density at radius 2 is 2.32 bits per heavy atom. The number of carbonyl (C=O) groups is 1. The van der Waals surface area contributed by atoms with E-state index >= 15 is 0 Å². The second kappa shape index (κ2) is 6.54. The van der Waals surface area contributed by atoms with Crippen molar-refractivity contribution in [3.8, 4) is 5.75 Å². The smallest absolute Gasteiger partial charge is 0.265 e. The van der Waals surface area contributed by atoms with Crippen LogP contribution in [-0.2, 0) is 11.2 Å². The largest absolute Gasteiger partial charge is 0.482 e. The summed E-state index contributed by atoms with van der Waals surface area (Å²) in [7, 11) is 1.93. The van der Waals surface area contributed by atoms with Crippen molar-refractivity contribution in [3.05, 3.63) is 23.8 Å². The summed E-state index contributed by atoms with van der Waals surface area (Å²) in [5, 5.41) is 3.12. The lowest BCUT2D eigenvalue weighted by Crippen LogP contribution is -2.40. The van der Waals surface area contributed by atoms with Gasteiger partial charge in [-0.2, -0.15) is 0 Å². The van der Waals surface area contributed by atoms with Gasteiger partial charge in [-0.3, -0.25) is 4.79 Å². The molecule has 1 aliphatic rings. The number of amides is 1. The van der Waals surface area contributed by atoms with E-state index < -0.39 is 0 Å². The van der Waals surface area contributed by atoms with Gasteiger partial charge in [0, 0.05) is 6.54 Å². The molecule has 0 bridgehead atoms. The number of hydrogen-bond donors (Lipinski definition) is 2. The molecule has 0 aromatic heterocycles. The Labute approximate surface area is 113 Å². The van der Waals surface area contributed by atoms with E-state index in [-0.39, 0.29) is 12.5 Å². The number of ether oxygens (including phenoxy) is 1. The van der Waals surface area contributed by atoms with Crippen molar-refractivity contribution < 1.29 is 9.53 Å². The van der Waals surface area contributed by atoms with Gasteiger partial charge in [0.2, 0.25) is 0 Å². The summed E-state index contributed by atoms with van der Waals surface area (Å²) in [4.78, 5) is 13.7.